The minimum atomic E-state index is -0.336. The molecule has 1 aromatic carbocycles. The van der Waals surface area contributed by atoms with Crippen molar-refractivity contribution in [1.82, 2.24) is 14.9 Å². The molecule has 0 aliphatic carbocycles. The molecule has 0 bridgehead atoms. The Morgan fingerprint density at radius 1 is 1.16 bits per heavy atom. The Bertz CT molecular complexity index is 973. The normalized spacial score (nSPS) is 10.7. The number of nitrogens with zero attached hydrogens (tertiary/aromatic N) is 3. The summed E-state index contributed by atoms with van der Waals surface area (Å²) in [5.41, 5.74) is 1.93. The number of rotatable bonds is 3. The van der Waals surface area contributed by atoms with Crippen LogP contribution in [0.4, 0.5) is 5.13 Å². The molecular weight excluding hydrogens is 336 g/mol. The van der Waals surface area contributed by atoms with Gasteiger partial charge in [-0.25, -0.2) is 4.98 Å². The summed E-state index contributed by atoms with van der Waals surface area (Å²) in [4.78, 5) is 35.4. The number of aryl methyl sites for hydroxylation is 2. The minimum Gasteiger partial charge on any atom is -0.344 e. The number of carbonyl (C=O) groups is 2. The van der Waals surface area contributed by atoms with Gasteiger partial charge < -0.3 is 4.90 Å². The molecule has 3 rings (SSSR count). The molecule has 0 saturated heterocycles. The van der Waals surface area contributed by atoms with Gasteiger partial charge in [-0.2, -0.15) is 0 Å². The minimum absolute atomic E-state index is 0.130. The molecule has 25 heavy (non-hydrogen) atoms. The topological polar surface area (TPSA) is 75.2 Å². The highest BCUT2D eigenvalue weighted by molar-refractivity contribution is 7.17. The van der Waals surface area contributed by atoms with Crippen LogP contribution in [0.3, 0.4) is 0 Å². The standard InChI is InChI=1S/C18H18N4O2S/c1-10-6-5-7-12-8-9-19-14(13(10)12)16(23)21-18-20-11(2)15(25-18)17(24)22(3)4/h5-9H,1-4H3,(H,20,21,23). The van der Waals surface area contributed by atoms with E-state index in [4.69, 9.17) is 0 Å². The van der Waals surface area contributed by atoms with E-state index in [0.29, 0.717) is 21.4 Å². The smallest absolute Gasteiger partial charge is 0.276 e. The van der Waals surface area contributed by atoms with Gasteiger partial charge in [0.25, 0.3) is 11.8 Å². The van der Waals surface area contributed by atoms with E-state index in [0.717, 1.165) is 16.3 Å². The van der Waals surface area contributed by atoms with Crippen molar-refractivity contribution in [1.29, 1.82) is 0 Å². The first-order valence-electron chi connectivity index (χ1n) is 7.73. The second-order valence-corrected chi connectivity index (χ2v) is 6.92. The van der Waals surface area contributed by atoms with Crippen LogP contribution in [0, 0.1) is 13.8 Å². The second kappa shape index (κ2) is 6.60. The van der Waals surface area contributed by atoms with E-state index in [-0.39, 0.29) is 11.8 Å². The zero-order valence-electron chi connectivity index (χ0n) is 14.5. The zero-order chi connectivity index (χ0) is 18.1. The zero-order valence-corrected chi connectivity index (χ0v) is 15.3. The van der Waals surface area contributed by atoms with Crippen LogP contribution < -0.4 is 5.32 Å². The molecule has 0 unspecified atom stereocenters. The molecule has 0 radical (unpaired) electrons. The molecule has 6 nitrogen and oxygen atoms in total. The lowest BCUT2D eigenvalue weighted by Gasteiger charge is -2.08. The van der Waals surface area contributed by atoms with Crippen LogP contribution in [0.1, 0.15) is 31.4 Å². The molecule has 3 aromatic rings. The van der Waals surface area contributed by atoms with E-state index < -0.39 is 0 Å². The maximum absolute atomic E-state index is 12.7. The van der Waals surface area contributed by atoms with E-state index in [9.17, 15) is 9.59 Å². The highest BCUT2D eigenvalue weighted by Crippen LogP contribution is 2.26. The Morgan fingerprint density at radius 3 is 2.64 bits per heavy atom. The van der Waals surface area contributed by atoms with Gasteiger partial charge in [-0.15, -0.1) is 0 Å². The number of amides is 2. The SMILES string of the molecule is Cc1nc(NC(=O)c2nccc3cccc(C)c23)sc1C(=O)N(C)C. The molecule has 2 amide bonds. The van der Waals surface area contributed by atoms with Crippen molar-refractivity contribution in [2.24, 2.45) is 0 Å². The molecule has 0 aliphatic heterocycles. The molecule has 0 aliphatic rings. The monoisotopic (exact) mass is 354 g/mol. The predicted octanol–water partition coefficient (Wildman–Crippen LogP) is 3.26. The lowest BCUT2D eigenvalue weighted by Crippen LogP contribution is -2.21. The van der Waals surface area contributed by atoms with Gasteiger partial charge in [0.1, 0.15) is 10.6 Å². The van der Waals surface area contributed by atoms with Crippen molar-refractivity contribution < 1.29 is 9.59 Å². The van der Waals surface area contributed by atoms with Crippen molar-refractivity contribution in [2.45, 2.75) is 13.8 Å². The van der Waals surface area contributed by atoms with E-state index in [2.05, 4.69) is 15.3 Å². The van der Waals surface area contributed by atoms with Crippen LogP contribution in [0.2, 0.25) is 0 Å². The Hall–Kier alpha value is -2.80. The Morgan fingerprint density at radius 2 is 1.92 bits per heavy atom. The molecule has 0 saturated carbocycles. The fourth-order valence-corrected chi connectivity index (χ4v) is 3.57. The lowest BCUT2D eigenvalue weighted by molar-refractivity contribution is 0.0831. The van der Waals surface area contributed by atoms with Gasteiger partial charge in [0, 0.05) is 25.7 Å². The fraction of sp³-hybridized carbons (Fsp3) is 0.222. The molecule has 0 fully saturated rings. The van der Waals surface area contributed by atoms with Gasteiger partial charge >= 0.3 is 0 Å². The summed E-state index contributed by atoms with van der Waals surface area (Å²) in [7, 11) is 3.37. The Labute approximate surface area is 149 Å². The van der Waals surface area contributed by atoms with Gasteiger partial charge in [-0.1, -0.05) is 29.5 Å². The number of aromatic nitrogens is 2. The molecule has 7 heteroatoms. The van der Waals surface area contributed by atoms with Gasteiger partial charge in [-0.3, -0.25) is 19.9 Å². The average molecular weight is 354 g/mol. The number of nitrogens with one attached hydrogen (secondary N) is 1. The molecule has 2 heterocycles. The first kappa shape index (κ1) is 17.0. The number of anilines is 1. The largest absolute Gasteiger partial charge is 0.344 e. The number of fused-ring (bicyclic) bond motifs is 1. The van der Waals surface area contributed by atoms with Gasteiger partial charge in [0.05, 0.1) is 5.69 Å². The number of hydrogen-bond acceptors (Lipinski definition) is 5. The molecule has 0 spiro atoms. The molecular formula is C18H18N4O2S. The first-order chi connectivity index (χ1) is 11.9. The molecule has 0 atom stereocenters. The van der Waals surface area contributed by atoms with Crippen LogP contribution in [0.5, 0.6) is 0 Å². The van der Waals surface area contributed by atoms with Gasteiger partial charge in [0.2, 0.25) is 0 Å². The summed E-state index contributed by atoms with van der Waals surface area (Å²) in [6, 6.07) is 7.72. The summed E-state index contributed by atoms with van der Waals surface area (Å²) >= 11 is 1.17. The van der Waals surface area contributed by atoms with Crippen LogP contribution >= 0.6 is 11.3 Å². The first-order valence-corrected chi connectivity index (χ1v) is 8.55. The quantitative estimate of drug-likeness (QED) is 0.783. The van der Waals surface area contributed by atoms with Crippen molar-refractivity contribution >= 4 is 39.1 Å². The molecule has 1 N–H and O–H groups in total. The van der Waals surface area contributed by atoms with E-state index in [1.807, 2.05) is 31.2 Å². The fourth-order valence-electron chi connectivity index (χ4n) is 2.59. The maximum Gasteiger partial charge on any atom is 0.276 e. The Balaban J connectivity index is 1.94. The van der Waals surface area contributed by atoms with Crippen molar-refractivity contribution in [3.8, 4) is 0 Å². The molecule has 128 valence electrons. The van der Waals surface area contributed by atoms with E-state index in [1.165, 1.54) is 16.2 Å². The molecule has 2 aromatic heterocycles. The summed E-state index contributed by atoms with van der Waals surface area (Å²) in [5.74, 6) is -0.466. The van der Waals surface area contributed by atoms with Crippen LogP contribution in [-0.4, -0.2) is 40.8 Å². The van der Waals surface area contributed by atoms with Crippen LogP contribution in [0.15, 0.2) is 30.5 Å². The summed E-state index contributed by atoms with van der Waals surface area (Å²) < 4.78 is 0. The summed E-state index contributed by atoms with van der Waals surface area (Å²) in [6.07, 6.45) is 1.62. The van der Waals surface area contributed by atoms with Crippen LogP contribution in [-0.2, 0) is 0 Å². The number of benzene rings is 1. The maximum atomic E-state index is 12.7. The average Bonchev–Trinajstić information content (AvgIpc) is 2.94. The second-order valence-electron chi connectivity index (χ2n) is 5.92. The van der Waals surface area contributed by atoms with Crippen molar-refractivity contribution in [3.05, 3.63) is 52.3 Å². The summed E-state index contributed by atoms with van der Waals surface area (Å²) in [6.45, 7) is 3.70. The number of thiazole rings is 1. The van der Waals surface area contributed by atoms with E-state index >= 15 is 0 Å². The number of carbonyl (C=O) groups excluding carboxylic acids is 2. The lowest BCUT2D eigenvalue weighted by atomic mass is 10.0. The third-order valence-electron chi connectivity index (χ3n) is 3.83. The Kier molecular flexibility index (Phi) is 4.50. The third kappa shape index (κ3) is 3.23. The highest BCUT2D eigenvalue weighted by Gasteiger charge is 2.20. The van der Waals surface area contributed by atoms with Crippen LogP contribution in [0.25, 0.3) is 10.8 Å². The third-order valence-corrected chi connectivity index (χ3v) is 4.89. The number of pyridine rings is 1. The highest BCUT2D eigenvalue weighted by atomic mass is 32.1. The predicted molar refractivity (Wildman–Crippen MR) is 99.3 cm³/mol. The van der Waals surface area contributed by atoms with Crippen molar-refractivity contribution in [3.63, 3.8) is 0 Å². The number of hydrogen-bond donors (Lipinski definition) is 1. The van der Waals surface area contributed by atoms with Gasteiger partial charge in [0.15, 0.2) is 5.13 Å². The van der Waals surface area contributed by atoms with Gasteiger partial charge in [-0.05, 0) is 30.9 Å². The van der Waals surface area contributed by atoms with Crippen molar-refractivity contribution in [2.75, 3.05) is 19.4 Å². The summed E-state index contributed by atoms with van der Waals surface area (Å²) in [5, 5.41) is 4.93. The van der Waals surface area contributed by atoms with E-state index in [1.54, 1.807) is 27.2 Å².